The maximum Gasteiger partial charge on any atom is 0.338 e. The molecular weight excluding hydrogens is 428 g/mol. The lowest BCUT2D eigenvalue weighted by atomic mass is 9.96. The topological polar surface area (TPSA) is 87.7 Å². The van der Waals surface area contributed by atoms with Gasteiger partial charge in [-0.2, -0.15) is 5.10 Å². The van der Waals surface area contributed by atoms with Crippen LogP contribution in [0.3, 0.4) is 0 Å². The molecule has 0 spiro atoms. The van der Waals surface area contributed by atoms with Crippen LogP contribution in [-0.2, 0) is 16.6 Å². The lowest BCUT2D eigenvalue weighted by Crippen LogP contribution is -2.39. The van der Waals surface area contributed by atoms with Crippen LogP contribution in [0.1, 0.15) is 36.7 Å². The van der Waals surface area contributed by atoms with Crippen LogP contribution in [-0.4, -0.2) is 34.0 Å². The Balaban J connectivity index is 1.95. The van der Waals surface area contributed by atoms with Gasteiger partial charge in [0.25, 0.3) is 5.56 Å². The van der Waals surface area contributed by atoms with E-state index in [1.807, 2.05) is 50.5 Å². The zero-order chi connectivity index (χ0) is 23.0. The van der Waals surface area contributed by atoms with Crippen LogP contribution in [0.4, 0.5) is 0 Å². The first kappa shape index (κ1) is 21.8. The molecule has 3 aromatic rings. The van der Waals surface area contributed by atoms with Gasteiger partial charge in [-0.15, -0.1) is 0 Å². The number of nitrogens with zero attached hydrogens (tertiary/aromatic N) is 4. The van der Waals surface area contributed by atoms with Crippen LogP contribution in [0.25, 0.3) is 6.08 Å². The third-order valence-corrected chi connectivity index (χ3v) is 6.27. The predicted molar refractivity (Wildman–Crippen MR) is 121 cm³/mol. The van der Waals surface area contributed by atoms with E-state index in [0.717, 1.165) is 16.8 Å². The Bertz CT molecular complexity index is 1390. The normalized spacial score (nSPS) is 16.0. The van der Waals surface area contributed by atoms with Crippen molar-refractivity contribution in [3.8, 4) is 5.75 Å². The van der Waals surface area contributed by atoms with Gasteiger partial charge in [0.1, 0.15) is 5.75 Å². The van der Waals surface area contributed by atoms with Gasteiger partial charge in [0.2, 0.25) is 0 Å². The zero-order valence-electron chi connectivity index (χ0n) is 18.6. The van der Waals surface area contributed by atoms with Gasteiger partial charge in [-0.05, 0) is 44.5 Å². The molecule has 0 radical (unpaired) electrons. The highest BCUT2D eigenvalue weighted by Crippen LogP contribution is 2.31. The first-order valence-corrected chi connectivity index (χ1v) is 11.0. The summed E-state index contributed by atoms with van der Waals surface area (Å²) >= 11 is 1.29. The minimum absolute atomic E-state index is 0.216. The number of aryl methyl sites for hydroxylation is 2. The molecule has 8 nitrogen and oxygen atoms in total. The van der Waals surface area contributed by atoms with Gasteiger partial charge in [0, 0.05) is 18.8 Å². The molecule has 32 heavy (non-hydrogen) atoms. The van der Waals surface area contributed by atoms with Crippen LogP contribution in [0, 0.1) is 6.92 Å². The molecule has 1 aliphatic rings. The Morgan fingerprint density at radius 2 is 1.97 bits per heavy atom. The van der Waals surface area contributed by atoms with Crippen LogP contribution >= 0.6 is 11.3 Å². The Labute approximate surface area is 188 Å². The Morgan fingerprint density at radius 1 is 1.25 bits per heavy atom. The first-order chi connectivity index (χ1) is 15.3. The molecule has 1 aliphatic heterocycles. The molecule has 0 aliphatic carbocycles. The number of benzene rings is 1. The molecule has 0 amide bonds. The standard InChI is InChI=1S/C23H24N4O4S/c1-6-31-22(29)19-14(3)24-23-27(20(19)15-7-9-17(30-5)10-8-15)21(28)18(32-23)11-16-12-26(4)25-13(16)2/h7-12,20H,6H2,1-5H3/t20-/m0/s1. The number of allylic oxidation sites excluding steroid dienone is 1. The molecule has 2 aromatic heterocycles. The molecule has 9 heteroatoms. The van der Waals surface area contributed by atoms with E-state index in [4.69, 9.17) is 9.47 Å². The average Bonchev–Trinajstić information content (AvgIpc) is 3.24. The van der Waals surface area contributed by atoms with Gasteiger partial charge in [0.15, 0.2) is 4.80 Å². The number of hydrogen-bond acceptors (Lipinski definition) is 7. The molecule has 0 fully saturated rings. The van der Waals surface area contributed by atoms with Gasteiger partial charge >= 0.3 is 5.97 Å². The number of methoxy groups -OCH3 is 1. The van der Waals surface area contributed by atoms with Gasteiger partial charge in [-0.3, -0.25) is 14.0 Å². The number of ether oxygens (including phenoxy) is 2. The molecule has 0 N–H and O–H groups in total. The van der Waals surface area contributed by atoms with Crippen LogP contribution in [0.2, 0.25) is 0 Å². The second-order valence-electron chi connectivity index (χ2n) is 7.42. The van der Waals surface area contributed by atoms with E-state index in [2.05, 4.69) is 10.1 Å². The summed E-state index contributed by atoms with van der Waals surface area (Å²) in [7, 11) is 3.43. The smallest absolute Gasteiger partial charge is 0.338 e. The number of esters is 1. The van der Waals surface area contributed by atoms with Gasteiger partial charge in [-0.1, -0.05) is 23.5 Å². The van der Waals surface area contributed by atoms with Gasteiger partial charge < -0.3 is 9.47 Å². The number of fused-ring (bicyclic) bond motifs is 1. The van der Waals surface area contributed by atoms with Crippen molar-refractivity contribution in [2.45, 2.75) is 26.8 Å². The molecule has 166 valence electrons. The third-order valence-electron chi connectivity index (χ3n) is 5.29. The molecule has 3 heterocycles. The summed E-state index contributed by atoms with van der Waals surface area (Å²) in [5, 5.41) is 4.34. The largest absolute Gasteiger partial charge is 0.497 e. The lowest BCUT2D eigenvalue weighted by molar-refractivity contribution is -0.139. The summed E-state index contributed by atoms with van der Waals surface area (Å²) in [5.74, 6) is 0.207. The maximum atomic E-state index is 13.5. The number of thiazole rings is 1. The Morgan fingerprint density at radius 3 is 2.56 bits per heavy atom. The van der Waals surface area contributed by atoms with Crippen molar-refractivity contribution in [3.63, 3.8) is 0 Å². The molecule has 0 bridgehead atoms. The minimum Gasteiger partial charge on any atom is -0.497 e. The fraction of sp³-hybridized carbons (Fsp3) is 0.304. The van der Waals surface area contributed by atoms with E-state index in [9.17, 15) is 9.59 Å². The lowest BCUT2D eigenvalue weighted by Gasteiger charge is -2.24. The SMILES string of the molecule is CCOC(=O)C1=C(C)N=c2sc(=Cc3cn(C)nc3C)c(=O)n2[C@H]1c1ccc(OC)cc1. The van der Waals surface area contributed by atoms with Crippen LogP contribution in [0.15, 0.2) is 51.5 Å². The van der Waals surface area contributed by atoms with Crippen molar-refractivity contribution in [2.75, 3.05) is 13.7 Å². The summed E-state index contributed by atoms with van der Waals surface area (Å²) in [5.41, 5.74) is 3.14. The van der Waals surface area contributed by atoms with Gasteiger partial charge in [-0.25, -0.2) is 9.79 Å². The number of hydrogen-bond donors (Lipinski definition) is 0. The third kappa shape index (κ3) is 3.80. The van der Waals surface area contributed by atoms with Crippen molar-refractivity contribution in [1.29, 1.82) is 0 Å². The highest BCUT2D eigenvalue weighted by atomic mass is 32.1. The highest BCUT2D eigenvalue weighted by molar-refractivity contribution is 7.07. The summed E-state index contributed by atoms with van der Waals surface area (Å²) in [4.78, 5) is 31.5. The van der Waals surface area contributed by atoms with Crippen molar-refractivity contribution in [1.82, 2.24) is 14.3 Å². The Hall–Kier alpha value is -3.46. The molecule has 0 saturated heterocycles. The molecule has 0 saturated carbocycles. The van der Waals surface area contributed by atoms with Crippen LogP contribution < -0.4 is 19.6 Å². The Kier molecular flexibility index (Phi) is 5.84. The molecule has 4 rings (SSSR count). The van der Waals surface area contributed by atoms with Crippen molar-refractivity contribution in [3.05, 3.63) is 78.2 Å². The predicted octanol–water partition coefficient (Wildman–Crippen LogP) is 1.85. The second-order valence-corrected chi connectivity index (χ2v) is 8.43. The van der Waals surface area contributed by atoms with E-state index in [1.54, 1.807) is 30.2 Å². The molecule has 1 aromatic carbocycles. The minimum atomic E-state index is -0.645. The summed E-state index contributed by atoms with van der Waals surface area (Å²) in [6.45, 7) is 5.65. The van der Waals surface area contributed by atoms with Crippen molar-refractivity contribution in [2.24, 2.45) is 12.0 Å². The first-order valence-electron chi connectivity index (χ1n) is 10.2. The summed E-state index contributed by atoms with van der Waals surface area (Å²) < 4.78 is 14.4. The van der Waals surface area contributed by atoms with E-state index >= 15 is 0 Å². The average molecular weight is 453 g/mol. The summed E-state index contributed by atoms with van der Waals surface area (Å²) in [6.07, 6.45) is 3.68. The number of rotatable bonds is 5. The van der Waals surface area contributed by atoms with Crippen molar-refractivity contribution < 1.29 is 14.3 Å². The fourth-order valence-electron chi connectivity index (χ4n) is 3.79. The highest BCUT2D eigenvalue weighted by Gasteiger charge is 2.33. The van der Waals surface area contributed by atoms with E-state index < -0.39 is 12.0 Å². The van der Waals surface area contributed by atoms with Crippen LogP contribution in [0.5, 0.6) is 5.75 Å². The number of carbonyl (C=O) groups excluding carboxylic acids is 1. The molecule has 1 atom stereocenters. The van der Waals surface area contributed by atoms with E-state index in [0.29, 0.717) is 26.4 Å². The van der Waals surface area contributed by atoms with Crippen molar-refractivity contribution >= 4 is 23.4 Å². The second kappa shape index (κ2) is 8.58. The molecule has 0 unspecified atom stereocenters. The fourth-order valence-corrected chi connectivity index (χ4v) is 4.83. The number of carbonyl (C=O) groups is 1. The monoisotopic (exact) mass is 452 g/mol. The van der Waals surface area contributed by atoms with Gasteiger partial charge in [0.05, 0.1) is 41.3 Å². The maximum absolute atomic E-state index is 13.5. The quantitative estimate of drug-likeness (QED) is 0.552. The zero-order valence-corrected chi connectivity index (χ0v) is 19.4. The number of aromatic nitrogens is 3. The van der Waals surface area contributed by atoms with E-state index in [1.165, 1.54) is 11.3 Å². The van der Waals surface area contributed by atoms with E-state index in [-0.39, 0.29) is 12.2 Å². The molecular formula is C23H24N4O4S. The summed E-state index contributed by atoms with van der Waals surface area (Å²) in [6, 6.07) is 6.67.